The van der Waals surface area contributed by atoms with Crippen molar-refractivity contribution in [3.8, 4) is 0 Å². The predicted octanol–water partition coefficient (Wildman–Crippen LogP) is 0.755. The van der Waals surface area contributed by atoms with Crippen LogP contribution in [0.25, 0.3) is 0 Å². The van der Waals surface area contributed by atoms with Crippen LogP contribution < -0.4 is 11.1 Å². The van der Waals surface area contributed by atoms with Crippen molar-refractivity contribution in [3.63, 3.8) is 0 Å². The quantitative estimate of drug-likeness (QED) is 0.702. The van der Waals surface area contributed by atoms with E-state index in [4.69, 9.17) is 10.8 Å². The monoisotopic (exact) mass is 220 g/mol. The van der Waals surface area contributed by atoms with Crippen molar-refractivity contribution in [3.05, 3.63) is 34.9 Å². The zero-order valence-electron chi connectivity index (χ0n) is 9.74. The summed E-state index contributed by atoms with van der Waals surface area (Å²) in [5, 5.41) is 12.3. The van der Waals surface area contributed by atoms with E-state index in [1.807, 2.05) is 7.05 Å². The Labute approximate surface area is 96.7 Å². The minimum atomic E-state index is -0.246. The molecule has 1 aromatic rings. The van der Waals surface area contributed by atoms with E-state index in [1.165, 1.54) is 36.0 Å². The predicted molar refractivity (Wildman–Crippen MR) is 65.3 cm³/mol. The van der Waals surface area contributed by atoms with Gasteiger partial charge in [-0.15, -0.1) is 0 Å². The molecule has 0 heterocycles. The second kappa shape index (κ2) is 4.95. The lowest BCUT2D eigenvalue weighted by Crippen LogP contribution is -2.39. The van der Waals surface area contributed by atoms with Gasteiger partial charge in [0.2, 0.25) is 0 Å². The van der Waals surface area contributed by atoms with E-state index in [-0.39, 0.29) is 18.7 Å². The van der Waals surface area contributed by atoms with Crippen LogP contribution in [-0.2, 0) is 12.8 Å². The maximum Gasteiger partial charge on any atom is 0.0601 e. The van der Waals surface area contributed by atoms with Crippen molar-refractivity contribution >= 4 is 0 Å². The van der Waals surface area contributed by atoms with Crippen molar-refractivity contribution in [2.45, 2.75) is 31.3 Å². The minimum Gasteiger partial charge on any atom is -0.395 e. The first-order chi connectivity index (χ1) is 7.76. The minimum absolute atomic E-state index is 0.00257. The smallest absolute Gasteiger partial charge is 0.0601 e. The molecule has 2 unspecified atom stereocenters. The second-order valence-corrected chi connectivity index (χ2v) is 4.49. The molecular formula is C13H20N2O. The Kier molecular flexibility index (Phi) is 3.59. The van der Waals surface area contributed by atoms with Gasteiger partial charge < -0.3 is 16.2 Å². The van der Waals surface area contributed by atoms with Gasteiger partial charge in [0.15, 0.2) is 0 Å². The molecular weight excluding hydrogens is 200 g/mol. The van der Waals surface area contributed by atoms with Crippen molar-refractivity contribution in [2.75, 3.05) is 13.7 Å². The van der Waals surface area contributed by atoms with Crippen LogP contribution in [0, 0.1) is 0 Å². The van der Waals surface area contributed by atoms with E-state index in [2.05, 4.69) is 23.5 Å². The van der Waals surface area contributed by atoms with E-state index in [0.29, 0.717) is 0 Å². The van der Waals surface area contributed by atoms with E-state index in [1.54, 1.807) is 0 Å². The molecule has 0 saturated carbocycles. The highest BCUT2D eigenvalue weighted by atomic mass is 16.3. The van der Waals surface area contributed by atoms with Gasteiger partial charge in [0.25, 0.3) is 0 Å². The molecule has 0 radical (unpaired) electrons. The summed E-state index contributed by atoms with van der Waals surface area (Å²) >= 11 is 0. The van der Waals surface area contributed by atoms with Crippen LogP contribution in [0.15, 0.2) is 18.2 Å². The van der Waals surface area contributed by atoms with Gasteiger partial charge in [-0.1, -0.05) is 18.2 Å². The third-order valence-electron chi connectivity index (χ3n) is 3.43. The van der Waals surface area contributed by atoms with Gasteiger partial charge in [-0.25, -0.2) is 0 Å². The number of aryl methyl sites for hydroxylation is 2. The highest BCUT2D eigenvalue weighted by molar-refractivity contribution is 5.37. The Morgan fingerprint density at radius 3 is 2.81 bits per heavy atom. The fourth-order valence-corrected chi connectivity index (χ4v) is 2.52. The fourth-order valence-electron chi connectivity index (χ4n) is 2.52. The van der Waals surface area contributed by atoms with Gasteiger partial charge in [-0.2, -0.15) is 0 Å². The number of benzene rings is 1. The highest BCUT2D eigenvalue weighted by Gasteiger charge is 2.19. The fraction of sp³-hybridized carbons (Fsp3) is 0.538. The molecule has 0 bridgehead atoms. The molecule has 0 spiro atoms. The van der Waals surface area contributed by atoms with Crippen molar-refractivity contribution in [1.82, 2.24) is 5.32 Å². The van der Waals surface area contributed by atoms with Crippen LogP contribution in [0.3, 0.4) is 0 Å². The Bertz CT molecular complexity index is 365. The lowest BCUT2D eigenvalue weighted by molar-refractivity contribution is 0.240. The van der Waals surface area contributed by atoms with Gasteiger partial charge in [-0.3, -0.25) is 0 Å². The molecule has 0 aromatic heterocycles. The SMILES string of the molecule is CNC(c1ccc2c(c1)CCC2)C(N)CO. The molecule has 0 fully saturated rings. The maximum atomic E-state index is 9.13. The van der Waals surface area contributed by atoms with Gasteiger partial charge in [0.05, 0.1) is 6.61 Å². The van der Waals surface area contributed by atoms with E-state index in [0.717, 1.165) is 0 Å². The molecule has 0 amide bonds. The van der Waals surface area contributed by atoms with Gasteiger partial charge in [0.1, 0.15) is 0 Å². The van der Waals surface area contributed by atoms with Crippen molar-refractivity contribution in [1.29, 1.82) is 0 Å². The number of nitrogens with two attached hydrogens (primary N) is 1. The molecule has 1 aromatic carbocycles. The van der Waals surface area contributed by atoms with E-state index in [9.17, 15) is 0 Å². The number of hydrogen-bond acceptors (Lipinski definition) is 3. The zero-order chi connectivity index (χ0) is 11.5. The lowest BCUT2D eigenvalue weighted by Gasteiger charge is -2.22. The van der Waals surface area contributed by atoms with Crippen LogP contribution in [0.2, 0.25) is 0 Å². The van der Waals surface area contributed by atoms with Crippen LogP contribution in [-0.4, -0.2) is 24.8 Å². The number of nitrogens with one attached hydrogen (secondary N) is 1. The zero-order valence-corrected chi connectivity index (χ0v) is 9.74. The average Bonchev–Trinajstić information content (AvgIpc) is 2.77. The summed E-state index contributed by atoms with van der Waals surface area (Å²) in [4.78, 5) is 0. The van der Waals surface area contributed by atoms with Crippen LogP contribution >= 0.6 is 0 Å². The number of hydrogen-bond donors (Lipinski definition) is 3. The Hall–Kier alpha value is -0.900. The number of aliphatic hydroxyl groups is 1. The summed E-state index contributed by atoms with van der Waals surface area (Å²) in [6.45, 7) is 0.00257. The second-order valence-electron chi connectivity index (χ2n) is 4.49. The molecule has 2 atom stereocenters. The highest BCUT2D eigenvalue weighted by Crippen LogP contribution is 2.26. The van der Waals surface area contributed by atoms with E-state index < -0.39 is 0 Å². The molecule has 0 aliphatic heterocycles. The first-order valence-corrected chi connectivity index (χ1v) is 5.91. The summed E-state index contributed by atoms with van der Waals surface area (Å²) in [7, 11) is 1.88. The van der Waals surface area contributed by atoms with Gasteiger partial charge in [0, 0.05) is 12.1 Å². The number of likely N-dealkylation sites (N-methyl/N-ethyl adjacent to an activating group) is 1. The van der Waals surface area contributed by atoms with Gasteiger partial charge in [-0.05, 0) is 43.0 Å². The summed E-state index contributed by atoms with van der Waals surface area (Å²) in [5.41, 5.74) is 9.99. The summed E-state index contributed by atoms with van der Waals surface area (Å²) < 4.78 is 0. The molecule has 88 valence electrons. The molecule has 0 saturated heterocycles. The molecule has 1 aliphatic rings. The van der Waals surface area contributed by atoms with E-state index >= 15 is 0 Å². The normalized spacial score (nSPS) is 18.2. The number of aliphatic hydroxyl groups excluding tert-OH is 1. The molecule has 3 nitrogen and oxygen atoms in total. The summed E-state index contributed by atoms with van der Waals surface area (Å²) in [6, 6.07) is 6.35. The molecule has 4 N–H and O–H groups in total. The van der Waals surface area contributed by atoms with Crippen LogP contribution in [0.5, 0.6) is 0 Å². The first kappa shape index (κ1) is 11.6. The third-order valence-corrected chi connectivity index (χ3v) is 3.43. The maximum absolute atomic E-state index is 9.13. The standard InChI is InChI=1S/C13H20N2O/c1-15-13(12(14)8-16)11-6-5-9-3-2-4-10(9)7-11/h5-7,12-13,15-16H,2-4,8,14H2,1H3. The lowest BCUT2D eigenvalue weighted by atomic mass is 9.97. The molecule has 16 heavy (non-hydrogen) atoms. The largest absolute Gasteiger partial charge is 0.395 e. The number of rotatable bonds is 4. The summed E-state index contributed by atoms with van der Waals surface area (Å²) in [5.74, 6) is 0. The number of fused-ring (bicyclic) bond motifs is 1. The molecule has 1 aliphatic carbocycles. The first-order valence-electron chi connectivity index (χ1n) is 5.91. The molecule has 3 heteroatoms. The summed E-state index contributed by atoms with van der Waals surface area (Å²) in [6.07, 6.45) is 3.63. The van der Waals surface area contributed by atoms with Crippen molar-refractivity contribution in [2.24, 2.45) is 5.73 Å². The Morgan fingerprint density at radius 1 is 1.38 bits per heavy atom. The Morgan fingerprint density at radius 2 is 2.12 bits per heavy atom. The van der Waals surface area contributed by atoms with Crippen LogP contribution in [0.4, 0.5) is 0 Å². The topological polar surface area (TPSA) is 58.3 Å². The van der Waals surface area contributed by atoms with Crippen LogP contribution in [0.1, 0.15) is 29.2 Å². The average molecular weight is 220 g/mol. The third kappa shape index (κ3) is 2.12. The Balaban J connectivity index is 2.25. The molecule has 2 rings (SSSR count). The van der Waals surface area contributed by atoms with Crippen molar-refractivity contribution < 1.29 is 5.11 Å². The van der Waals surface area contributed by atoms with Gasteiger partial charge >= 0.3 is 0 Å².